The Labute approximate surface area is 81.9 Å². The molecule has 80 valence electrons. The maximum atomic E-state index is 11.1. The molecule has 0 saturated heterocycles. The van der Waals surface area contributed by atoms with Gasteiger partial charge in [0, 0.05) is 28.4 Å². The molecule has 0 rings (SSSR count). The van der Waals surface area contributed by atoms with Crippen molar-refractivity contribution >= 4 is 13.2 Å². The fourth-order valence-corrected chi connectivity index (χ4v) is 1.61. The van der Waals surface area contributed by atoms with Gasteiger partial charge in [0.15, 0.2) is 0 Å². The van der Waals surface area contributed by atoms with E-state index in [1.54, 1.807) is 13.8 Å². The summed E-state index contributed by atoms with van der Waals surface area (Å²) in [5.74, 6) is -0.0869. The summed E-state index contributed by atoms with van der Waals surface area (Å²) in [6.07, 6.45) is 0.205. The van der Waals surface area contributed by atoms with E-state index >= 15 is 0 Å². The Hall–Kier alpha value is -0.900. The van der Waals surface area contributed by atoms with Crippen LogP contribution in [0, 0.1) is 15.7 Å². The molecule has 0 aromatic carbocycles. The van der Waals surface area contributed by atoms with Gasteiger partial charge in [-0.15, -0.1) is 9.81 Å². The zero-order valence-corrected chi connectivity index (χ0v) is 9.07. The molecule has 0 unspecified atom stereocenters. The van der Waals surface area contributed by atoms with Gasteiger partial charge in [-0.25, -0.2) is 0 Å². The van der Waals surface area contributed by atoms with Crippen LogP contribution in [0.15, 0.2) is 9.89 Å². The summed E-state index contributed by atoms with van der Waals surface area (Å²) in [5, 5.41) is 0. The molecule has 0 aliphatic heterocycles. The Bertz CT molecular complexity index is 265. The largest absolute Gasteiger partial charge is 0.374 e. The highest BCUT2D eigenvalue weighted by Gasteiger charge is 2.24. The van der Waals surface area contributed by atoms with Gasteiger partial charge in [-0.05, 0) is 6.42 Å². The number of carbonyl (C=O) groups is 1. The van der Waals surface area contributed by atoms with Crippen molar-refractivity contribution in [3.05, 3.63) is 9.81 Å². The molecule has 0 atom stereocenters. The van der Waals surface area contributed by atoms with Crippen LogP contribution in [-0.4, -0.2) is 11.9 Å². The number of nitroso groups, excluding NO2 is 2. The van der Waals surface area contributed by atoms with Crippen molar-refractivity contribution in [1.29, 1.82) is 0 Å². The number of Topliss-reactive ketones (excluding diaryl/α,β-unsaturated/α-hetero) is 1. The first kappa shape index (κ1) is 13.1. The van der Waals surface area contributed by atoms with Crippen LogP contribution in [0.3, 0.4) is 0 Å². The van der Waals surface area contributed by atoms with E-state index in [-0.39, 0.29) is 30.7 Å². The number of carbonyl (C=O) groups excluding carboxylic acids is 1. The number of hydrogen-bond acceptors (Lipinski definition) is 4. The van der Waals surface area contributed by atoms with E-state index in [0.717, 1.165) is 0 Å². The standard InChI is InChI=1S/C7H13N2O4P/c1-6(2)7(10)4-3-5-14(13,8-11)9-12/h6H,3-5H2,1-2H3. The molecule has 0 aromatic heterocycles. The van der Waals surface area contributed by atoms with E-state index in [9.17, 15) is 19.2 Å². The molecule has 0 heterocycles. The third kappa shape index (κ3) is 4.37. The molecule has 0 bridgehead atoms. The smallest absolute Gasteiger partial charge is 0.299 e. The van der Waals surface area contributed by atoms with Crippen molar-refractivity contribution < 1.29 is 9.36 Å². The van der Waals surface area contributed by atoms with Gasteiger partial charge in [-0.3, -0.25) is 9.36 Å². The lowest BCUT2D eigenvalue weighted by atomic mass is 10.1. The summed E-state index contributed by atoms with van der Waals surface area (Å²) in [4.78, 5) is 35.4. The zero-order valence-electron chi connectivity index (χ0n) is 8.17. The highest BCUT2D eigenvalue weighted by molar-refractivity contribution is 7.60. The topological polar surface area (TPSA) is 93.0 Å². The monoisotopic (exact) mass is 220 g/mol. The van der Waals surface area contributed by atoms with Crippen molar-refractivity contribution in [2.45, 2.75) is 26.7 Å². The lowest BCUT2D eigenvalue weighted by molar-refractivity contribution is -0.121. The minimum absolute atomic E-state index is 0.00773. The van der Waals surface area contributed by atoms with E-state index in [4.69, 9.17) is 0 Å². The van der Waals surface area contributed by atoms with Gasteiger partial charge in [-0.2, -0.15) is 0 Å². The highest BCUT2D eigenvalue weighted by atomic mass is 31.2. The second-order valence-corrected chi connectivity index (χ2v) is 5.38. The molecule has 0 N–H and O–H groups in total. The summed E-state index contributed by atoms with van der Waals surface area (Å²) in [7, 11) is -3.78. The Morgan fingerprint density at radius 1 is 1.29 bits per heavy atom. The van der Waals surface area contributed by atoms with Crippen LogP contribution in [0.25, 0.3) is 0 Å². The molecule has 0 radical (unpaired) electrons. The van der Waals surface area contributed by atoms with Crippen LogP contribution in [0.1, 0.15) is 26.7 Å². The molecular formula is C7H13N2O4P. The van der Waals surface area contributed by atoms with Gasteiger partial charge in [0.05, 0.1) is 0 Å². The summed E-state index contributed by atoms with van der Waals surface area (Å²) in [6, 6.07) is 0. The van der Waals surface area contributed by atoms with Gasteiger partial charge in [0.2, 0.25) is 0 Å². The van der Waals surface area contributed by atoms with Gasteiger partial charge < -0.3 is 0 Å². The maximum absolute atomic E-state index is 11.1. The first-order valence-corrected chi connectivity index (χ1v) is 6.06. The van der Waals surface area contributed by atoms with Gasteiger partial charge >= 0.3 is 7.44 Å². The van der Waals surface area contributed by atoms with Gasteiger partial charge in [0.1, 0.15) is 5.78 Å². The van der Waals surface area contributed by atoms with Crippen LogP contribution in [0.5, 0.6) is 0 Å². The second-order valence-electron chi connectivity index (χ2n) is 3.28. The molecule has 6 nitrogen and oxygen atoms in total. The maximum Gasteiger partial charge on any atom is 0.374 e. The molecular weight excluding hydrogens is 207 g/mol. The number of hydrogen-bond donors (Lipinski definition) is 0. The average molecular weight is 220 g/mol. The minimum atomic E-state index is -3.78. The third-order valence-electron chi connectivity index (χ3n) is 1.77. The predicted molar refractivity (Wildman–Crippen MR) is 53.1 cm³/mol. The normalized spacial score (nSPS) is 11.4. The van der Waals surface area contributed by atoms with Crippen LogP contribution in [-0.2, 0) is 9.36 Å². The molecule has 14 heavy (non-hydrogen) atoms. The Balaban J connectivity index is 3.96. The van der Waals surface area contributed by atoms with Crippen LogP contribution in [0.2, 0.25) is 0 Å². The van der Waals surface area contributed by atoms with Crippen molar-refractivity contribution in [2.75, 3.05) is 6.16 Å². The van der Waals surface area contributed by atoms with Crippen LogP contribution >= 0.6 is 7.44 Å². The molecule has 0 saturated carbocycles. The fraction of sp³-hybridized carbons (Fsp3) is 0.857. The number of nitrogens with zero attached hydrogens (tertiary/aromatic N) is 2. The quantitative estimate of drug-likeness (QED) is 0.487. The molecule has 0 spiro atoms. The second kappa shape index (κ2) is 5.75. The summed E-state index contributed by atoms with van der Waals surface area (Å²) >= 11 is 0. The van der Waals surface area contributed by atoms with Crippen LogP contribution < -0.4 is 0 Å². The molecule has 0 aromatic rings. The summed E-state index contributed by atoms with van der Waals surface area (Å²) in [5.41, 5.74) is 0. The Kier molecular flexibility index (Phi) is 5.38. The molecule has 0 aliphatic carbocycles. The molecule has 0 aliphatic rings. The van der Waals surface area contributed by atoms with Gasteiger partial charge in [-0.1, -0.05) is 13.8 Å². The molecule has 0 amide bonds. The number of ketones is 1. The summed E-state index contributed by atoms with van der Waals surface area (Å²) < 4.78 is 11.0. The Morgan fingerprint density at radius 3 is 2.14 bits per heavy atom. The van der Waals surface area contributed by atoms with E-state index < -0.39 is 7.44 Å². The minimum Gasteiger partial charge on any atom is -0.299 e. The molecule has 7 heteroatoms. The van der Waals surface area contributed by atoms with Gasteiger partial charge in [0.25, 0.3) is 0 Å². The fourth-order valence-electron chi connectivity index (χ4n) is 0.844. The average Bonchev–Trinajstić information content (AvgIpc) is 2.17. The Morgan fingerprint density at radius 2 is 1.79 bits per heavy atom. The summed E-state index contributed by atoms with van der Waals surface area (Å²) in [6.45, 7) is 3.50. The SMILES string of the molecule is CC(C)C(=O)CCCP(=O)(N=O)N=O. The highest BCUT2D eigenvalue weighted by Crippen LogP contribution is 2.48. The predicted octanol–water partition coefficient (Wildman–Crippen LogP) is 2.72. The molecule has 0 fully saturated rings. The van der Waals surface area contributed by atoms with E-state index in [0.29, 0.717) is 0 Å². The lowest BCUT2D eigenvalue weighted by Crippen LogP contribution is -2.06. The van der Waals surface area contributed by atoms with E-state index in [1.807, 2.05) is 0 Å². The first-order chi connectivity index (χ1) is 6.45. The first-order valence-electron chi connectivity index (χ1n) is 4.27. The van der Waals surface area contributed by atoms with Crippen molar-refractivity contribution in [3.63, 3.8) is 0 Å². The van der Waals surface area contributed by atoms with Crippen molar-refractivity contribution in [1.82, 2.24) is 0 Å². The third-order valence-corrected chi connectivity index (χ3v) is 3.18. The van der Waals surface area contributed by atoms with Crippen molar-refractivity contribution in [3.8, 4) is 0 Å². The van der Waals surface area contributed by atoms with Crippen molar-refractivity contribution in [2.24, 2.45) is 15.8 Å². The zero-order chi connectivity index (χ0) is 11.2. The van der Waals surface area contributed by atoms with E-state index in [2.05, 4.69) is 9.89 Å². The number of rotatable bonds is 7. The van der Waals surface area contributed by atoms with E-state index in [1.165, 1.54) is 0 Å². The lowest BCUT2D eigenvalue weighted by Gasteiger charge is -2.03. The van der Waals surface area contributed by atoms with Crippen LogP contribution in [0.4, 0.5) is 0 Å².